The van der Waals surface area contributed by atoms with Crippen molar-refractivity contribution in [3.05, 3.63) is 0 Å². The van der Waals surface area contributed by atoms with E-state index >= 15 is 0 Å². The standard InChI is InChI=1S/C12H23F3N2S/c1-9(2)17(8-12(13,14)15)7-5-6-11(3,4)10(16)18/h9H,5-8H2,1-4H3,(H2,16,18). The lowest BCUT2D eigenvalue weighted by Crippen LogP contribution is -2.40. The van der Waals surface area contributed by atoms with Crippen LogP contribution in [0.4, 0.5) is 13.2 Å². The summed E-state index contributed by atoms with van der Waals surface area (Å²) in [6.07, 6.45) is -2.80. The van der Waals surface area contributed by atoms with Gasteiger partial charge >= 0.3 is 6.18 Å². The quantitative estimate of drug-likeness (QED) is 0.727. The van der Waals surface area contributed by atoms with Crippen molar-refractivity contribution >= 4 is 17.2 Å². The van der Waals surface area contributed by atoms with Crippen LogP contribution in [0.3, 0.4) is 0 Å². The Morgan fingerprint density at radius 3 is 2.11 bits per heavy atom. The molecule has 108 valence electrons. The van der Waals surface area contributed by atoms with Crippen LogP contribution in [-0.4, -0.2) is 35.2 Å². The fourth-order valence-corrected chi connectivity index (χ4v) is 1.70. The third-order valence-electron chi connectivity index (χ3n) is 3.03. The monoisotopic (exact) mass is 284 g/mol. The van der Waals surface area contributed by atoms with E-state index in [0.29, 0.717) is 24.4 Å². The van der Waals surface area contributed by atoms with Crippen LogP contribution in [0.1, 0.15) is 40.5 Å². The minimum atomic E-state index is -4.15. The first-order valence-electron chi connectivity index (χ1n) is 6.06. The number of nitrogens with two attached hydrogens (primary N) is 1. The summed E-state index contributed by atoms with van der Waals surface area (Å²) in [6.45, 7) is 6.91. The summed E-state index contributed by atoms with van der Waals surface area (Å²) in [5.41, 5.74) is 5.29. The van der Waals surface area contributed by atoms with Crippen molar-refractivity contribution in [2.24, 2.45) is 11.1 Å². The highest BCUT2D eigenvalue weighted by atomic mass is 32.1. The number of rotatable bonds is 7. The molecule has 0 atom stereocenters. The number of thiocarbonyl (C=S) groups is 1. The molecular formula is C12H23F3N2S. The number of alkyl halides is 3. The van der Waals surface area contributed by atoms with Crippen LogP contribution in [0.25, 0.3) is 0 Å². The van der Waals surface area contributed by atoms with Gasteiger partial charge in [0.2, 0.25) is 0 Å². The van der Waals surface area contributed by atoms with Crippen LogP contribution < -0.4 is 5.73 Å². The van der Waals surface area contributed by atoms with E-state index in [1.165, 1.54) is 4.90 Å². The third-order valence-corrected chi connectivity index (χ3v) is 3.58. The Kier molecular flexibility index (Phi) is 6.57. The Bertz CT molecular complexity index is 275. The summed E-state index contributed by atoms with van der Waals surface area (Å²) < 4.78 is 37.1. The molecule has 6 heteroatoms. The fraction of sp³-hybridized carbons (Fsp3) is 0.917. The van der Waals surface area contributed by atoms with Crippen molar-refractivity contribution in [3.63, 3.8) is 0 Å². The smallest absolute Gasteiger partial charge is 0.393 e. The zero-order chi connectivity index (χ0) is 14.6. The van der Waals surface area contributed by atoms with E-state index < -0.39 is 12.7 Å². The van der Waals surface area contributed by atoms with E-state index in [1.807, 2.05) is 13.8 Å². The molecule has 0 fully saturated rings. The zero-order valence-corrected chi connectivity index (χ0v) is 12.3. The molecule has 0 saturated heterocycles. The number of hydrogen-bond acceptors (Lipinski definition) is 2. The maximum absolute atomic E-state index is 12.4. The molecule has 18 heavy (non-hydrogen) atoms. The predicted octanol–water partition coefficient (Wildman–Crippen LogP) is 3.35. The van der Waals surface area contributed by atoms with E-state index in [0.717, 1.165) is 0 Å². The summed E-state index contributed by atoms with van der Waals surface area (Å²) in [4.78, 5) is 1.84. The lowest BCUT2D eigenvalue weighted by molar-refractivity contribution is -0.149. The van der Waals surface area contributed by atoms with Crippen LogP contribution in [-0.2, 0) is 0 Å². The van der Waals surface area contributed by atoms with Gasteiger partial charge < -0.3 is 5.73 Å². The van der Waals surface area contributed by atoms with Crippen molar-refractivity contribution < 1.29 is 13.2 Å². The van der Waals surface area contributed by atoms with Gasteiger partial charge in [-0.15, -0.1) is 0 Å². The van der Waals surface area contributed by atoms with Crippen LogP contribution >= 0.6 is 12.2 Å². The lowest BCUT2D eigenvalue weighted by atomic mass is 9.88. The summed E-state index contributed by atoms with van der Waals surface area (Å²) in [5, 5.41) is 0. The Morgan fingerprint density at radius 1 is 1.28 bits per heavy atom. The van der Waals surface area contributed by atoms with Crippen molar-refractivity contribution in [1.82, 2.24) is 4.90 Å². The van der Waals surface area contributed by atoms with Gasteiger partial charge in [-0.2, -0.15) is 13.2 Å². The van der Waals surface area contributed by atoms with Crippen LogP contribution in [0.15, 0.2) is 0 Å². The second kappa shape index (κ2) is 6.70. The second-order valence-electron chi connectivity index (χ2n) is 5.53. The first kappa shape index (κ1) is 17.6. The van der Waals surface area contributed by atoms with E-state index in [4.69, 9.17) is 18.0 Å². The molecule has 0 heterocycles. The Morgan fingerprint density at radius 2 is 1.78 bits per heavy atom. The first-order chi connectivity index (χ1) is 7.96. The van der Waals surface area contributed by atoms with Gasteiger partial charge in [0, 0.05) is 11.5 Å². The molecule has 0 spiro atoms. The van der Waals surface area contributed by atoms with Gasteiger partial charge in [-0.3, -0.25) is 4.90 Å². The Labute approximate surface area is 113 Å². The zero-order valence-electron chi connectivity index (χ0n) is 11.5. The van der Waals surface area contributed by atoms with Gasteiger partial charge in [-0.25, -0.2) is 0 Å². The summed E-state index contributed by atoms with van der Waals surface area (Å²) in [6, 6.07) is -0.125. The molecule has 0 aliphatic rings. The van der Waals surface area contributed by atoms with Crippen molar-refractivity contribution in [2.75, 3.05) is 13.1 Å². The molecular weight excluding hydrogens is 261 g/mol. The summed E-state index contributed by atoms with van der Waals surface area (Å²) in [7, 11) is 0. The maximum atomic E-state index is 12.4. The predicted molar refractivity (Wildman–Crippen MR) is 72.6 cm³/mol. The summed E-state index contributed by atoms with van der Waals surface area (Å²) >= 11 is 4.93. The van der Waals surface area contributed by atoms with Crippen molar-refractivity contribution in [2.45, 2.75) is 52.8 Å². The maximum Gasteiger partial charge on any atom is 0.401 e. The number of hydrogen-bond donors (Lipinski definition) is 1. The van der Waals surface area contributed by atoms with Gasteiger partial charge in [0.05, 0.1) is 11.5 Å². The molecule has 0 aliphatic heterocycles. The Balaban J connectivity index is 4.26. The van der Waals surface area contributed by atoms with Crippen molar-refractivity contribution in [3.8, 4) is 0 Å². The van der Waals surface area contributed by atoms with E-state index in [2.05, 4.69) is 0 Å². The minimum Gasteiger partial charge on any atom is -0.393 e. The largest absolute Gasteiger partial charge is 0.401 e. The average Bonchev–Trinajstić information content (AvgIpc) is 2.13. The van der Waals surface area contributed by atoms with Gasteiger partial charge in [0.15, 0.2) is 0 Å². The molecule has 0 unspecified atom stereocenters. The van der Waals surface area contributed by atoms with Crippen LogP contribution in [0.5, 0.6) is 0 Å². The lowest BCUT2D eigenvalue weighted by Gasteiger charge is -2.29. The highest BCUT2D eigenvalue weighted by molar-refractivity contribution is 7.80. The molecule has 0 aromatic heterocycles. The van der Waals surface area contributed by atoms with Gasteiger partial charge in [0.1, 0.15) is 0 Å². The third kappa shape index (κ3) is 7.16. The molecule has 0 radical (unpaired) electrons. The molecule has 2 nitrogen and oxygen atoms in total. The average molecular weight is 284 g/mol. The molecule has 0 aliphatic carbocycles. The summed E-state index contributed by atoms with van der Waals surface area (Å²) in [5.74, 6) is 0. The normalized spacial score (nSPS) is 13.4. The van der Waals surface area contributed by atoms with Crippen LogP contribution in [0, 0.1) is 5.41 Å². The fourth-order valence-electron chi connectivity index (χ4n) is 1.60. The second-order valence-corrected chi connectivity index (χ2v) is 5.97. The molecule has 0 aromatic carbocycles. The van der Waals surface area contributed by atoms with E-state index in [-0.39, 0.29) is 11.5 Å². The number of nitrogens with zero attached hydrogens (tertiary/aromatic N) is 1. The number of halogens is 3. The van der Waals surface area contributed by atoms with Gasteiger partial charge in [-0.05, 0) is 33.2 Å². The van der Waals surface area contributed by atoms with Gasteiger partial charge in [-0.1, -0.05) is 26.1 Å². The van der Waals surface area contributed by atoms with E-state index in [1.54, 1.807) is 13.8 Å². The SMILES string of the molecule is CC(C)N(CCCC(C)(C)C(N)=S)CC(F)(F)F. The van der Waals surface area contributed by atoms with Gasteiger partial charge in [0.25, 0.3) is 0 Å². The molecule has 0 saturated carbocycles. The molecule has 2 N–H and O–H groups in total. The Hall–Kier alpha value is -0.360. The van der Waals surface area contributed by atoms with Crippen molar-refractivity contribution in [1.29, 1.82) is 0 Å². The first-order valence-corrected chi connectivity index (χ1v) is 6.47. The van der Waals surface area contributed by atoms with E-state index in [9.17, 15) is 13.2 Å². The highest BCUT2D eigenvalue weighted by Gasteiger charge is 2.31. The minimum absolute atomic E-state index is 0.125. The highest BCUT2D eigenvalue weighted by Crippen LogP contribution is 2.24. The molecule has 0 rings (SSSR count). The molecule has 0 aromatic rings. The van der Waals surface area contributed by atoms with Crippen LogP contribution in [0.2, 0.25) is 0 Å². The topological polar surface area (TPSA) is 29.3 Å². The molecule has 0 amide bonds. The molecule has 0 bridgehead atoms.